The molecule has 0 aromatic heterocycles. The van der Waals surface area contributed by atoms with Gasteiger partial charge in [-0.2, -0.15) is 0 Å². The van der Waals surface area contributed by atoms with Gasteiger partial charge in [-0.1, -0.05) is 25.3 Å². The molecule has 0 aromatic rings. The number of quaternary nitrogens is 1. The fourth-order valence-corrected chi connectivity index (χ4v) is 2.29. The van der Waals surface area contributed by atoms with E-state index in [4.69, 9.17) is 0 Å². The van der Waals surface area contributed by atoms with Crippen molar-refractivity contribution in [3.63, 3.8) is 0 Å². The number of nitrogens with zero attached hydrogens (tertiary/aromatic N) is 1. The van der Waals surface area contributed by atoms with Gasteiger partial charge in [-0.25, -0.2) is 0 Å². The molecule has 0 bridgehead atoms. The van der Waals surface area contributed by atoms with E-state index in [1.807, 2.05) is 0 Å². The van der Waals surface area contributed by atoms with Crippen LogP contribution in [0, 0.1) is 17.8 Å². The van der Waals surface area contributed by atoms with E-state index in [-0.39, 0.29) is 5.92 Å². The predicted molar refractivity (Wildman–Crippen MR) is 63.1 cm³/mol. The normalized spacial score (nSPS) is 39.0. The molecule has 0 amide bonds. The first-order valence-electron chi connectivity index (χ1n) is 5.50. The molecule has 0 unspecified atom stereocenters. The van der Waals surface area contributed by atoms with Crippen LogP contribution in [0.25, 0.3) is 0 Å². The van der Waals surface area contributed by atoms with E-state index in [0.717, 1.165) is 17.4 Å². The molecule has 0 radical (unpaired) electrons. The second-order valence-electron chi connectivity index (χ2n) is 5.31. The molecule has 84 valence electrons. The minimum atomic E-state index is -0.832. The summed E-state index contributed by atoms with van der Waals surface area (Å²) in [6.07, 6.45) is 2.28. The zero-order chi connectivity index (χ0) is 11.7. The van der Waals surface area contributed by atoms with Crippen LogP contribution < -0.4 is 0 Å². The van der Waals surface area contributed by atoms with E-state index in [1.165, 1.54) is 0 Å². The molecule has 2 heteroatoms. The summed E-state index contributed by atoms with van der Waals surface area (Å²) in [5.41, 5.74) is -0.832. The smallest absolute Gasteiger partial charge is 0.139 e. The molecule has 0 aromatic carbocycles. The zero-order valence-corrected chi connectivity index (χ0v) is 10.2. The van der Waals surface area contributed by atoms with Crippen molar-refractivity contribution in [1.82, 2.24) is 0 Å². The van der Waals surface area contributed by atoms with E-state index in [9.17, 15) is 5.11 Å². The quantitative estimate of drug-likeness (QED) is 0.471. The summed E-state index contributed by atoms with van der Waals surface area (Å²) in [5.74, 6) is 5.94. The fraction of sp³-hybridized carbons (Fsp3) is 0.692. The van der Waals surface area contributed by atoms with Gasteiger partial charge in [0.25, 0.3) is 0 Å². The molecule has 0 spiro atoms. The third-order valence-corrected chi connectivity index (χ3v) is 3.75. The van der Waals surface area contributed by atoms with Crippen molar-refractivity contribution >= 4 is 0 Å². The molecule has 0 aliphatic carbocycles. The first-order valence-corrected chi connectivity index (χ1v) is 5.50. The Kier molecular flexibility index (Phi) is 3.28. The van der Waals surface area contributed by atoms with E-state index in [1.54, 1.807) is 6.08 Å². The molecule has 3 atom stereocenters. The van der Waals surface area contributed by atoms with Crippen molar-refractivity contribution in [2.24, 2.45) is 5.92 Å². The molecule has 1 rings (SSSR count). The number of likely N-dealkylation sites (tertiary alicyclic amines) is 1. The van der Waals surface area contributed by atoms with Crippen LogP contribution in [0.15, 0.2) is 12.7 Å². The summed E-state index contributed by atoms with van der Waals surface area (Å²) in [7, 11) is 4.42. The van der Waals surface area contributed by atoms with Crippen molar-refractivity contribution < 1.29 is 9.59 Å². The average Bonchev–Trinajstić information content (AvgIpc) is 2.12. The molecular weight excluding hydrogens is 186 g/mol. The lowest BCUT2D eigenvalue weighted by atomic mass is 9.78. The van der Waals surface area contributed by atoms with Gasteiger partial charge in [0.1, 0.15) is 5.60 Å². The third kappa shape index (κ3) is 2.42. The summed E-state index contributed by atoms with van der Waals surface area (Å²) < 4.78 is 0.958. The number of hydrogen-bond donors (Lipinski definition) is 1. The van der Waals surface area contributed by atoms with Crippen LogP contribution in [0.4, 0.5) is 0 Å². The fourth-order valence-electron chi connectivity index (χ4n) is 2.29. The molecule has 1 aliphatic heterocycles. The van der Waals surface area contributed by atoms with Crippen LogP contribution >= 0.6 is 0 Å². The van der Waals surface area contributed by atoms with Crippen LogP contribution in [0.2, 0.25) is 0 Å². The maximum absolute atomic E-state index is 10.4. The van der Waals surface area contributed by atoms with E-state index in [0.29, 0.717) is 6.04 Å². The second kappa shape index (κ2) is 4.00. The van der Waals surface area contributed by atoms with Gasteiger partial charge >= 0.3 is 0 Å². The summed E-state index contributed by atoms with van der Waals surface area (Å²) in [6, 6.07) is 0.435. The number of rotatable bonds is 0. The standard InChI is InChI=1S/C13H22NO/c1-6-7-8-13(15)9-12(3)14(4,5)10-11(13)2/h6,11-12,15H,1,9-10H2,2-5H3/q+1/t11-,12-,13+/m1/s1. The van der Waals surface area contributed by atoms with Gasteiger partial charge in [0.15, 0.2) is 0 Å². The lowest BCUT2D eigenvalue weighted by Gasteiger charge is -2.48. The monoisotopic (exact) mass is 208 g/mol. The Morgan fingerprint density at radius 3 is 2.60 bits per heavy atom. The van der Waals surface area contributed by atoms with Gasteiger partial charge in [-0.15, -0.1) is 0 Å². The molecular formula is C13H22NO+. The number of allylic oxidation sites excluding steroid dienone is 1. The van der Waals surface area contributed by atoms with E-state index >= 15 is 0 Å². The first-order chi connectivity index (χ1) is 6.82. The summed E-state index contributed by atoms with van der Waals surface area (Å²) >= 11 is 0. The summed E-state index contributed by atoms with van der Waals surface area (Å²) in [4.78, 5) is 0. The molecule has 1 aliphatic rings. The molecule has 15 heavy (non-hydrogen) atoms. The molecule has 1 fully saturated rings. The van der Waals surface area contributed by atoms with E-state index < -0.39 is 5.60 Å². The molecule has 0 saturated carbocycles. The van der Waals surface area contributed by atoms with Gasteiger partial charge in [-0.05, 0) is 13.0 Å². The molecule has 1 N–H and O–H groups in total. The van der Waals surface area contributed by atoms with Gasteiger partial charge in [0, 0.05) is 12.3 Å². The Morgan fingerprint density at radius 1 is 1.47 bits per heavy atom. The third-order valence-electron chi connectivity index (χ3n) is 3.75. The predicted octanol–water partition coefficient (Wildman–Crippen LogP) is 1.41. The highest BCUT2D eigenvalue weighted by Crippen LogP contribution is 2.33. The van der Waals surface area contributed by atoms with Crippen LogP contribution in [-0.2, 0) is 0 Å². The Hall–Kier alpha value is -0.780. The molecule has 1 saturated heterocycles. The van der Waals surface area contributed by atoms with Crippen molar-refractivity contribution in [2.75, 3.05) is 20.6 Å². The average molecular weight is 208 g/mol. The molecule has 2 nitrogen and oxygen atoms in total. The van der Waals surface area contributed by atoms with Crippen molar-refractivity contribution in [3.8, 4) is 11.8 Å². The van der Waals surface area contributed by atoms with Crippen molar-refractivity contribution in [2.45, 2.75) is 31.9 Å². The Balaban J connectivity index is 2.91. The summed E-state index contributed by atoms with van der Waals surface area (Å²) in [5, 5.41) is 10.4. The van der Waals surface area contributed by atoms with Gasteiger partial charge in [-0.3, -0.25) is 0 Å². The maximum atomic E-state index is 10.4. The SMILES string of the molecule is C=CC#C[C@]1(O)C[C@@H](C)[N+](C)(C)C[C@H]1C. The lowest BCUT2D eigenvalue weighted by Crippen LogP contribution is -2.61. The first kappa shape index (κ1) is 12.3. The molecule has 1 heterocycles. The van der Waals surface area contributed by atoms with Crippen LogP contribution in [0.1, 0.15) is 20.3 Å². The number of piperidine rings is 1. The number of aliphatic hydroxyl groups is 1. The van der Waals surface area contributed by atoms with Gasteiger partial charge < -0.3 is 9.59 Å². The largest absolute Gasteiger partial charge is 0.377 e. The highest BCUT2D eigenvalue weighted by molar-refractivity contribution is 5.22. The van der Waals surface area contributed by atoms with Crippen LogP contribution in [-0.4, -0.2) is 41.9 Å². The van der Waals surface area contributed by atoms with Gasteiger partial charge in [0.05, 0.1) is 26.7 Å². The van der Waals surface area contributed by atoms with Crippen LogP contribution in [0.5, 0.6) is 0 Å². The maximum Gasteiger partial charge on any atom is 0.139 e. The van der Waals surface area contributed by atoms with Crippen molar-refractivity contribution in [1.29, 1.82) is 0 Å². The van der Waals surface area contributed by atoms with Gasteiger partial charge in [0.2, 0.25) is 0 Å². The Bertz CT molecular complexity index is 310. The minimum Gasteiger partial charge on any atom is -0.377 e. The Labute approximate surface area is 93.2 Å². The minimum absolute atomic E-state index is 0.205. The highest BCUT2D eigenvalue weighted by Gasteiger charge is 2.46. The topological polar surface area (TPSA) is 20.2 Å². The lowest BCUT2D eigenvalue weighted by molar-refractivity contribution is -0.923. The zero-order valence-electron chi connectivity index (χ0n) is 10.2. The van der Waals surface area contributed by atoms with Crippen LogP contribution in [0.3, 0.4) is 0 Å². The van der Waals surface area contributed by atoms with Crippen molar-refractivity contribution in [3.05, 3.63) is 12.7 Å². The van der Waals surface area contributed by atoms with E-state index in [2.05, 4.69) is 46.4 Å². The number of hydrogen-bond acceptors (Lipinski definition) is 1. The Morgan fingerprint density at radius 2 is 2.07 bits per heavy atom. The second-order valence-corrected chi connectivity index (χ2v) is 5.31. The highest BCUT2D eigenvalue weighted by atomic mass is 16.3. The summed E-state index contributed by atoms with van der Waals surface area (Å²) in [6.45, 7) is 8.77.